The van der Waals surface area contributed by atoms with Crippen molar-refractivity contribution in [3.8, 4) is 5.75 Å². The van der Waals surface area contributed by atoms with E-state index in [1.165, 1.54) is 7.11 Å². The Morgan fingerprint density at radius 2 is 1.85 bits per heavy atom. The van der Waals surface area contributed by atoms with Crippen LogP contribution in [0.1, 0.15) is 18.4 Å². The molecule has 0 unspecified atom stereocenters. The second kappa shape index (κ2) is 8.71. The van der Waals surface area contributed by atoms with Crippen molar-refractivity contribution in [1.29, 1.82) is 0 Å². The van der Waals surface area contributed by atoms with E-state index in [0.29, 0.717) is 18.0 Å². The third kappa shape index (κ3) is 5.49. The normalized spacial score (nSPS) is 12.3. The molecule has 26 heavy (non-hydrogen) atoms. The third-order valence-corrected chi connectivity index (χ3v) is 5.14. The van der Waals surface area contributed by atoms with E-state index < -0.39 is 10.0 Å². The van der Waals surface area contributed by atoms with Crippen molar-refractivity contribution in [3.05, 3.63) is 60.2 Å². The van der Waals surface area contributed by atoms with E-state index in [1.54, 1.807) is 24.3 Å². The van der Waals surface area contributed by atoms with Gasteiger partial charge in [-0.3, -0.25) is 9.10 Å². The topological polar surface area (TPSA) is 75.7 Å². The van der Waals surface area contributed by atoms with Crippen LogP contribution in [0.4, 0.5) is 5.69 Å². The second-order valence-corrected chi connectivity index (χ2v) is 7.99. The molecule has 0 radical (unpaired) electrons. The first-order chi connectivity index (χ1) is 12.3. The van der Waals surface area contributed by atoms with Gasteiger partial charge in [-0.2, -0.15) is 0 Å². The Labute approximate surface area is 154 Å². The van der Waals surface area contributed by atoms with Crippen molar-refractivity contribution in [2.24, 2.45) is 0 Å². The summed E-state index contributed by atoms with van der Waals surface area (Å²) >= 11 is 0. The van der Waals surface area contributed by atoms with Gasteiger partial charge in [0, 0.05) is 12.6 Å². The second-order valence-electron chi connectivity index (χ2n) is 6.09. The highest BCUT2D eigenvalue weighted by atomic mass is 32.2. The van der Waals surface area contributed by atoms with Gasteiger partial charge in [-0.15, -0.1) is 0 Å². The first kappa shape index (κ1) is 19.8. The van der Waals surface area contributed by atoms with Crippen LogP contribution >= 0.6 is 0 Å². The Kier molecular flexibility index (Phi) is 6.63. The van der Waals surface area contributed by atoms with Crippen LogP contribution in [-0.4, -0.2) is 40.8 Å². The predicted octanol–water partition coefficient (Wildman–Crippen LogP) is 2.38. The number of methoxy groups -OCH3 is 1. The summed E-state index contributed by atoms with van der Waals surface area (Å²) in [6, 6.07) is 16.4. The molecule has 0 aliphatic carbocycles. The molecule has 0 aromatic heterocycles. The van der Waals surface area contributed by atoms with Crippen LogP contribution in [0, 0.1) is 0 Å². The maximum Gasteiger partial charge on any atom is 0.240 e. The summed E-state index contributed by atoms with van der Waals surface area (Å²) in [5.41, 5.74) is 1.50. The van der Waals surface area contributed by atoms with E-state index in [2.05, 4.69) is 5.32 Å². The van der Waals surface area contributed by atoms with Gasteiger partial charge in [0.05, 0.1) is 19.1 Å². The molecule has 7 heteroatoms. The van der Waals surface area contributed by atoms with Gasteiger partial charge < -0.3 is 10.1 Å². The molecule has 1 N–H and O–H groups in total. The van der Waals surface area contributed by atoms with Crippen LogP contribution in [-0.2, 0) is 14.8 Å². The van der Waals surface area contributed by atoms with Crippen molar-refractivity contribution in [2.75, 3.05) is 30.8 Å². The number of hydrogen-bond acceptors (Lipinski definition) is 4. The lowest BCUT2D eigenvalue weighted by Gasteiger charge is -2.23. The Balaban J connectivity index is 2.05. The summed E-state index contributed by atoms with van der Waals surface area (Å²) in [4.78, 5) is 12.3. The molecule has 0 aliphatic heterocycles. The van der Waals surface area contributed by atoms with E-state index in [9.17, 15) is 13.2 Å². The largest absolute Gasteiger partial charge is 0.497 e. The van der Waals surface area contributed by atoms with E-state index >= 15 is 0 Å². The number of carbonyl (C=O) groups excluding carboxylic acids is 1. The molecule has 1 amide bonds. The molecule has 6 nitrogen and oxygen atoms in total. The maximum atomic E-state index is 12.3. The summed E-state index contributed by atoms with van der Waals surface area (Å²) < 4.78 is 30.5. The van der Waals surface area contributed by atoms with Crippen LogP contribution < -0.4 is 14.4 Å². The first-order valence-electron chi connectivity index (χ1n) is 8.24. The summed E-state index contributed by atoms with van der Waals surface area (Å²) in [7, 11) is -2.11. The molecule has 0 heterocycles. The zero-order valence-electron chi connectivity index (χ0n) is 15.2. The summed E-state index contributed by atoms with van der Waals surface area (Å²) in [6.07, 6.45) is 1.08. The van der Waals surface area contributed by atoms with Gasteiger partial charge in [0.2, 0.25) is 15.9 Å². The molecule has 0 saturated heterocycles. The Bertz CT molecular complexity index is 838. The van der Waals surface area contributed by atoms with Gasteiger partial charge in [0.25, 0.3) is 0 Å². The fraction of sp³-hybridized carbons (Fsp3) is 0.316. The standard InChI is InChI=1S/C19H24N2O4S/c1-15(16-8-5-4-6-9-16)13-20-19(22)14-21(26(3,23)24)17-10-7-11-18(12-17)25-2/h4-12,15H,13-14H2,1-3H3,(H,20,22)/t15-/m1/s1. The fourth-order valence-corrected chi connectivity index (χ4v) is 3.37. The molecule has 2 aromatic rings. The van der Waals surface area contributed by atoms with E-state index in [-0.39, 0.29) is 18.4 Å². The lowest BCUT2D eigenvalue weighted by Crippen LogP contribution is -2.41. The number of ether oxygens (including phenoxy) is 1. The number of nitrogens with zero attached hydrogens (tertiary/aromatic N) is 1. The number of benzene rings is 2. The van der Waals surface area contributed by atoms with Crippen molar-refractivity contribution in [2.45, 2.75) is 12.8 Å². The van der Waals surface area contributed by atoms with Gasteiger partial charge in [0.15, 0.2) is 0 Å². The van der Waals surface area contributed by atoms with Crippen LogP contribution in [0.2, 0.25) is 0 Å². The lowest BCUT2D eigenvalue weighted by atomic mass is 10.0. The molecule has 2 aromatic carbocycles. The van der Waals surface area contributed by atoms with Gasteiger partial charge in [0.1, 0.15) is 12.3 Å². The highest BCUT2D eigenvalue weighted by Gasteiger charge is 2.21. The molecule has 0 bridgehead atoms. The average Bonchev–Trinajstić information content (AvgIpc) is 2.64. The number of hydrogen-bond donors (Lipinski definition) is 1. The average molecular weight is 376 g/mol. The van der Waals surface area contributed by atoms with Crippen molar-refractivity contribution < 1.29 is 17.9 Å². The van der Waals surface area contributed by atoms with Crippen LogP contribution in [0.15, 0.2) is 54.6 Å². The molecule has 0 aliphatic rings. The minimum atomic E-state index is -3.61. The summed E-state index contributed by atoms with van der Waals surface area (Å²) in [5, 5.41) is 2.81. The third-order valence-electron chi connectivity index (χ3n) is 4.00. The lowest BCUT2D eigenvalue weighted by molar-refractivity contribution is -0.119. The summed E-state index contributed by atoms with van der Waals surface area (Å²) in [6.45, 7) is 2.15. The van der Waals surface area contributed by atoms with Crippen LogP contribution in [0.3, 0.4) is 0 Å². The van der Waals surface area contributed by atoms with Gasteiger partial charge in [-0.05, 0) is 23.6 Å². The van der Waals surface area contributed by atoms with Gasteiger partial charge >= 0.3 is 0 Å². The number of sulfonamides is 1. The number of nitrogens with one attached hydrogen (secondary N) is 1. The maximum absolute atomic E-state index is 12.3. The Morgan fingerprint density at radius 1 is 1.15 bits per heavy atom. The molecule has 140 valence electrons. The molecule has 2 rings (SSSR count). The number of amides is 1. The SMILES string of the molecule is COc1cccc(N(CC(=O)NC[C@@H](C)c2ccccc2)S(C)(=O)=O)c1. The highest BCUT2D eigenvalue weighted by Crippen LogP contribution is 2.22. The van der Waals surface area contributed by atoms with E-state index in [4.69, 9.17) is 4.74 Å². The van der Waals surface area contributed by atoms with Crippen LogP contribution in [0.5, 0.6) is 5.75 Å². The fourth-order valence-electron chi connectivity index (χ4n) is 2.52. The van der Waals surface area contributed by atoms with Crippen molar-refractivity contribution >= 4 is 21.6 Å². The summed E-state index contributed by atoms with van der Waals surface area (Å²) in [5.74, 6) is 0.291. The van der Waals surface area contributed by atoms with Crippen molar-refractivity contribution in [1.82, 2.24) is 5.32 Å². The molecular formula is C19H24N2O4S. The Hall–Kier alpha value is -2.54. The highest BCUT2D eigenvalue weighted by molar-refractivity contribution is 7.92. The number of carbonyl (C=O) groups is 1. The Morgan fingerprint density at radius 3 is 2.46 bits per heavy atom. The molecular weight excluding hydrogens is 352 g/mol. The van der Waals surface area contributed by atoms with E-state index in [0.717, 1.165) is 16.1 Å². The van der Waals surface area contributed by atoms with E-state index in [1.807, 2.05) is 37.3 Å². The van der Waals surface area contributed by atoms with Gasteiger partial charge in [-0.25, -0.2) is 8.42 Å². The zero-order valence-corrected chi connectivity index (χ0v) is 16.0. The first-order valence-corrected chi connectivity index (χ1v) is 10.1. The van der Waals surface area contributed by atoms with Crippen molar-refractivity contribution in [3.63, 3.8) is 0 Å². The molecule has 0 saturated carbocycles. The number of anilines is 1. The van der Waals surface area contributed by atoms with Gasteiger partial charge in [-0.1, -0.05) is 43.3 Å². The zero-order chi connectivity index (χ0) is 19.2. The quantitative estimate of drug-likeness (QED) is 0.767. The minimum absolute atomic E-state index is 0.128. The molecule has 0 fully saturated rings. The van der Waals surface area contributed by atoms with Crippen LogP contribution in [0.25, 0.3) is 0 Å². The monoisotopic (exact) mass is 376 g/mol. The number of rotatable bonds is 8. The molecule has 0 spiro atoms. The smallest absolute Gasteiger partial charge is 0.240 e. The molecule has 1 atom stereocenters. The minimum Gasteiger partial charge on any atom is -0.497 e. The predicted molar refractivity (Wildman–Crippen MR) is 103 cm³/mol.